The molecule has 2 heterocycles. The lowest BCUT2D eigenvalue weighted by Crippen LogP contribution is -2.17. The van der Waals surface area contributed by atoms with Crippen LogP contribution in [0.15, 0.2) is 59.0 Å². The molecule has 1 aromatic heterocycles. The van der Waals surface area contributed by atoms with Crippen molar-refractivity contribution in [3.05, 3.63) is 83.1 Å². The summed E-state index contributed by atoms with van der Waals surface area (Å²) in [6.07, 6.45) is 5.05. The fraction of sp³-hybridized carbons (Fsp3) is 0.208. The van der Waals surface area contributed by atoms with Gasteiger partial charge < -0.3 is 14.6 Å². The first-order valence-corrected chi connectivity index (χ1v) is 9.82. The summed E-state index contributed by atoms with van der Waals surface area (Å²) in [5, 5.41) is 2.86. The molecule has 1 aliphatic rings. The van der Waals surface area contributed by atoms with Crippen molar-refractivity contribution in [1.29, 1.82) is 0 Å². The van der Waals surface area contributed by atoms with Gasteiger partial charge in [-0.3, -0.25) is 4.79 Å². The van der Waals surface area contributed by atoms with Gasteiger partial charge in [0, 0.05) is 24.4 Å². The van der Waals surface area contributed by atoms with Crippen molar-refractivity contribution >= 4 is 17.7 Å². The van der Waals surface area contributed by atoms with Crippen molar-refractivity contribution in [2.45, 2.75) is 19.4 Å². The molecular formula is C24H22F2N2O2. The summed E-state index contributed by atoms with van der Waals surface area (Å²) in [5.74, 6) is -0.979. The van der Waals surface area contributed by atoms with Crippen molar-refractivity contribution in [1.82, 2.24) is 4.90 Å². The zero-order valence-electron chi connectivity index (χ0n) is 16.6. The highest BCUT2D eigenvalue weighted by Gasteiger charge is 2.13. The van der Waals surface area contributed by atoms with Crippen molar-refractivity contribution in [3.63, 3.8) is 0 Å². The molecule has 0 fully saturated rings. The maximum absolute atomic E-state index is 13.9. The average Bonchev–Trinajstić information content (AvgIpc) is 3.08. The summed E-state index contributed by atoms with van der Waals surface area (Å²) in [7, 11) is 2.10. The van der Waals surface area contributed by atoms with Gasteiger partial charge in [-0.05, 0) is 80.0 Å². The molecule has 2 aromatic carbocycles. The van der Waals surface area contributed by atoms with Crippen molar-refractivity contribution < 1.29 is 18.0 Å². The molecule has 6 heteroatoms. The molecule has 154 valence electrons. The molecular weight excluding hydrogens is 386 g/mol. The highest BCUT2D eigenvalue weighted by atomic mass is 19.1. The first kappa shape index (κ1) is 20.0. The van der Waals surface area contributed by atoms with E-state index < -0.39 is 11.6 Å². The van der Waals surface area contributed by atoms with Crippen LogP contribution in [0.25, 0.3) is 17.4 Å². The molecule has 0 saturated heterocycles. The largest absolute Gasteiger partial charge is 0.457 e. The van der Waals surface area contributed by atoms with Crippen LogP contribution in [0, 0.1) is 11.6 Å². The second-order valence-corrected chi connectivity index (χ2v) is 7.47. The number of amides is 1. The number of benzene rings is 2. The average molecular weight is 408 g/mol. The van der Waals surface area contributed by atoms with Crippen LogP contribution < -0.4 is 5.32 Å². The Hall–Kier alpha value is -3.25. The van der Waals surface area contributed by atoms with E-state index >= 15 is 0 Å². The molecule has 0 aliphatic carbocycles. The maximum atomic E-state index is 13.9. The summed E-state index contributed by atoms with van der Waals surface area (Å²) in [5.41, 5.74) is 3.46. The number of carbonyl (C=O) groups excluding carboxylic acids is 1. The van der Waals surface area contributed by atoms with Gasteiger partial charge in [0.2, 0.25) is 5.91 Å². The number of halogens is 2. The van der Waals surface area contributed by atoms with E-state index in [-0.39, 0.29) is 17.2 Å². The van der Waals surface area contributed by atoms with Crippen molar-refractivity contribution in [2.24, 2.45) is 0 Å². The first-order valence-electron chi connectivity index (χ1n) is 9.82. The number of fused-ring (bicyclic) bond motifs is 1. The molecule has 0 radical (unpaired) electrons. The molecule has 4 nitrogen and oxygen atoms in total. The topological polar surface area (TPSA) is 45.5 Å². The van der Waals surface area contributed by atoms with Gasteiger partial charge in [0.25, 0.3) is 0 Å². The lowest BCUT2D eigenvalue weighted by molar-refractivity contribution is -0.111. The Morgan fingerprint density at radius 3 is 2.80 bits per heavy atom. The van der Waals surface area contributed by atoms with Gasteiger partial charge in [-0.15, -0.1) is 0 Å². The summed E-state index contributed by atoms with van der Waals surface area (Å²) >= 11 is 0. The minimum Gasteiger partial charge on any atom is -0.457 e. The van der Waals surface area contributed by atoms with E-state index in [1.165, 1.54) is 35.4 Å². The molecule has 1 amide bonds. The van der Waals surface area contributed by atoms with Crippen molar-refractivity contribution in [2.75, 3.05) is 18.9 Å². The van der Waals surface area contributed by atoms with Crippen molar-refractivity contribution in [3.8, 4) is 11.3 Å². The third-order valence-corrected chi connectivity index (χ3v) is 5.12. The Kier molecular flexibility index (Phi) is 5.77. The van der Waals surface area contributed by atoms with E-state index in [1.807, 2.05) is 12.1 Å². The number of hydrogen-bond donors (Lipinski definition) is 1. The summed E-state index contributed by atoms with van der Waals surface area (Å²) in [4.78, 5) is 14.6. The number of rotatable bonds is 4. The number of carbonyl (C=O) groups is 1. The van der Waals surface area contributed by atoms with Gasteiger partial charge in [-0.2, -0.15) is 0 Å². The smallest absolute Gasteiger partial charge is 0.248 e. The van der Waals surface area contributed by atoms with E-state index in [9.17, 15) is 13.6 Å². The van der Waals surface area contributed by atoms with E-state index in [0.29, 0.717) is 5.76 Å². The highest BCUT2D eigenvalue weighted by molar-refractivity contribution is 6.01. The Morgan fingerprint density at radius 1 is 1.10 bits per heavy atom. The molecule has 0 bridgehead atoms. The van der Waals surface area contributed by atoms with Crippen LogP contribution in [-0.2, 0) is 17.8 Å². The summed E-state index contributed by atoms with van der Waals surface area (Å²) in [6, 6.07) is 12.5. The molecule has 1 N–H and O–H groups in total. The number of nitrogens with one attached hydrogen (secondary N) is 1. The number of aryl methyl sites for hydroxylation is 1. The highest BCUT2D eigenvalue weighted by Crippen LogP contribution is 2.26. The van der Waals surface area contributed by atoms with E-state index in [4.69, 9.17) is 4.42 Å². The van der Waals surface area contributed by atoms with Crippen LogP contribution in [0.5, 0.6) is 0 Å². The van der Waals surface area contributed by atoms with E-state index in [0.717, 1.165) is 37.7 Å². The monoisotopic (exact) mass is 408 g/mol. The predicted octanol–water partition coefficient (Wildman–Crippen LogP) is 5.25. The quantitative estimate of drug-likeness (QED) is 0.600. The molecule has 30 heavy (non-hydrogen) atoms. The number of furan rings is 1. The molecule has 0 unspecified atom stereocenters. The number of hydrogen-bond acceptors (Lipinski definition) is 3. The third-order valence-electron chi connectivity index (χ3n) is 5.12. The summed E-state index contributed by atoms with van der Waals surface area (Å²) < 4.78 is 32.5. The number of anilines is 1. The second-order valence-electron chi connectivity index (χ2n) is 7.47. The van der Waals surface area contributed by atoms with Gasteiger partial charge >= 0.3 is 0 Å². The first-order chi connectivity index (χ1) is 14.5. The van der Waals surface area contributed by atoms with Crippen LogP contribution in [-0.4, -0.2) is 24.4 Å². The third kappa shape index (κ3) is 4.66. The minimum atomic E-state index is -0.702. The van der Waals surface area contributed by atoms with Gasteiger partial charge in [-0.25, -0.2) is 8.78 Å². The molecule has 1 aliphatic heterocycles. The Bertz CT molecular complexity index is 1100. The standard InChI is InChI=1S/C24H22F2N2O2/c1-28-12-2-3-16-4-6-19(13-17(16)15-28)27-24(29)11-8-20-7-10-23(30-20)21-9-5-18(25)14-22(21)26/h4-11,13-14H,2-3,12,15H2,1H3,(H,27,29)/b11-8+. The minimum absolute atomic E-state index is 0.162. The number of nitrogens with zero attached hydrogens (tertiary/aromatic N) is 1. The van der Waals surface area contributed by atoms with Crippen LogP contribution in [0.1, 0.15) is 23.3 Å². The molecule has 4 rings (SSSR count). The molecule has 0 saturated carbocycles. The molecule has 3 aromatic rings. The fourth-order valence-corrected chi connectivity index (χ4v) is 3.62. The van der Waals surface area contributed by atoms with Gasteiger partial charge in [0.05, 0.1) is 5.56 Å². The molecule has 0 atom stereocenters. The second kappa shape index (κ2) is 8.63. The van der Waals surface area contributed by atoms with Gasteiger partial charge in [0.15, 0.2) is 0 Å². The van der Waals surface area contributed by atoms with Crippen LogP contribution in [0.4, 0.5) is 14.5 Å². The van der Waals surface area contributed by atoms with Gasteiger partial charge in [-0.1, -0.05) is 6.07 Å². The lowest BCUT2D eigenvalue weighted by atomic mass is 10.0. The SMILES string of the molecule is CN1CCCc2ccc(NC(=O)/C=C/c3ccc(-c4ccc(F)cc4F)o3)cc2C1. The predicted molar refractivity (Wildman–Crippen MR) is 113 cm³/mol. The molecule has 0 spiro atoms. The van der Waals surface area contributed by atoms with E-state index in [2.05, 4.69) is 23.3 Å². The maximum Gasteiger partial charge on any atom is 0.248 e. The van der Waals surface area contributed by atoms with Crippen LogP contribution >= 0.6 is 0 Å². The fourth-order valence-electron chi connectivity index (χ4n) is 3.62. The van der Waals surface area contributed by atoms with E-state index in [1.54, 1.807) is 12.1 Å². The van der Waals surface area contributed by atoms with Gasteiger partial charge in [0.1, 0.15) is 23.2 Å². The zero-order chi connectivity index (χ0) is 21.1. The Labute approximate surface area is 173 Å². The Morgan fingerprint density at radius 2 is 1.97 bits per heavy atom. The normalized spacial score (nSPS) is 14.5. The Balaban J connectivity index is 1.43. The zero-order valence-corrected chi connectivity index (χ0v) is 16.6. The summed E-state index contributed by atoms with van der Waals surface area (Å²) in [6.45, 7) is 1.93. The lowest BCUT2D eigenvalue weighted by Gasteiger charge is -2.14. The van der Waals surface area contributed by atoms with Crippen LogP contribution in [0.2, 0.25) is 0 Å². The van der Waals surface area contributed by atoms with Crippen LogP contribution in [0.3, 0.4) is 0 Å².